The zero-order valence-corrected chi connectivity index (χ0v) is 18.9. The Bertz CT molecular complexity index is 1270. The number of nitrogens with zero attached hydrogens (tertiary/aromatic N) is 7. The number of anilines is 1. The van der Waals surface area contributed by atoms with Crippen LogP contribution in [-0.4, -0.2) is 69.1 Å². The molecular formula is C22H20BrN7O2. The third-order valence-corrected chi connectivity index (χ3v) is 6.20. The van der Waals surface area contributed by atoms with Gasteiger partial charge < -0.3 is 14.5 Å². The van der Waals surface area contributed by atoms with Crippen LogP contribution in [0.3, 0.4) is 0 Å². The van der Waals surface area contributed by atoms with E-state index in [1.165, 1.54) is 6.33 Å². The van der Waals surface area contributed by atoms with Gasteiger partial charge in [-0.05, 0) is 52.3 Å². The van der Waals surface area contributed by atoms with Crippen LogP contribution in [0.5, 0.6) is 5.75 Å². The van der Waals surface area contributed by atoms with E-state index in [2.05, 4.69) is 41.1 Å². The quantitative estimate of drug-likeness (QED) is 0.431. The summed E-state index contributed by atoms with van der Waals surface area (Å²) in [6.45, 7) is 2.49. The first-order valence-corrected chi connectivity index (χ1v) is 10.9. The molecule has 0 N–H and O–H groups in total. The van der Waals surface area contributed by atoms with Crippen molar-refractivity contribution in [3.05, 3.63) is 64.9 Å². The average molecular weight is 494 g/mol. The van der Waals surface area contributed by atoms with Gasteiger partial charge in [-0.25, -0.2) is 9.97 Å². The Morgan fingerprint density at radius 3 is 2.47 bits per heavy atom. The molecule has 0 atom stereocenters. The Kier molecular flexibility index (Phi) is 5.44. The van der Waals surface area contributed by atoms with Crippen LogP contribution in [0, 0.1) is 0 Å². The number of carbonyl (C=O) groups is 1. The Morgan fingerprint density at radius 1 is 1.00 bits per heavy atom. The first kappa shape index (κ1) is 20.4. The van der Waals surface area contributed by atoms with E-state index in [0.29, 0.717) is 42.9 Å². The molecule has 10 heteroatoms. The van der Waals surface area contributed by atoms with Crippen molar-refractivity contribution in [3.8, 4) is 11.4 Å². The van der Waals surface area contributed by atoms with Crippen LogP contribution in [0.25, 0.3) is 16.9 Å². The fraction of sp³-hybridized carbons (Fsp3) is 0.227. The number of hydrogen-bond acceptors (Lipinski definition) is 7. The minimum absolute atomic E-state index is 0.0235. The molecule has 3 heterocycles. The molecule has 2 aromatic carbocycles. The second kappa shape index (κ2) is 8.54. The average Bonchev–Trinajstić information content (AvgIpc) is 3.28. The SMILES string of the molecule is COc1ccc(-n2nnc3c(N4CCN(C(=O)c5ccccc5Br)CC4)ncnc32)cc1. The third-order valence-electron chi connectivity index (χ3n) is 5.51. The number of piperazine rings is 1. The Balaban J connectivity index is 1.36. The van der Waals surface area contributed by atoms with Crippen LogP contribution in [0.2, 0.25) is 0 Å². The van der Waals surface area contributed by atoms with Gasteiger partial charge in [0.1, 0.15) is 12.1 Å². The van der Waals surface area contributed by atoms with Crippen LogP contribution in [0.4, 0.5) is 5.82 Å². The highest BCUT2D eigenvalue weighted by Gasteiger charge is 2.26. The molecule has 1 saturated heterocycles. The summed E-state index contributed by atoms with van der Waals surface area (Å²) in [5.74, 6) is 1.52. The van der Waals surface area contributed by atoms with Gasteiger partial charge in [0.25, 0.3) is 5.91 Å². The smallest absolute Gasteiger partial charge is 0.255 e. The predicted molar refractivity (Wildman–Crippen MR) is 123 cm³/mol. The zero-order valence-electron chi connectivity index (χ0n) is 17.3. The van der Waals surface area contributed by atoms with E-state index in [9.17, 15) is 4.79 Å². The highest BCUT2D eigenvalue weighted by molar-refractivity contribution is 9.10. The largest absolute Gasteiger partial charge is 0.497 e. The zero-order chi connectivity index (χ0) is 22.1. The molecule has 1 aliphatic heterocycles. The lowest BCUT2D eigenvalue weighted by atomic mass is 10.2. The van der Waals surface area contributed by atoms with Gasteiger partial charge in [0.15, 0.2) is 17.0 Å². The van der Waals surface area contributed by atoms with E-state index in [1.54, 1.807) is 11.8 Å². The van der Waals surface area contributed by atoms with Gasteiger partial charge in [0, 0.05) is 30.7 Å². The summed E-state index contributed by atoms with van der Waals surface area (Å²) in [5.41, 5.74) is 2.77. The topological polar surface area (TPSA) is 89.3 Å². The molecule has 5 rings (SSSR count). The second-order valence-electron chi connectivity index (χ2n) is 7.33. The van der Waals surface area contributed by atoms with Gasteiger partial charge in [0.05, 0.1) is 18.4 Å². The number of amides is 1. The first-order valence-electron chi connectivity index (χ1n) is 10.2. The number of rotatable bonds is 4. The molecule has 0 spiro atoms. The summed E-state index contributed by atoms with van der Waals surface area (Å²) >= 11 is 3.47. The Labute approximate surface area is 192 Å². The molecule has 0 unspecified atom stereocenters. The number of carbonyl (C=O) groups excluding carboxylic acids is 1. The van der Waals surface area contributed by atoms with Gasteiger partial charge in [-0.15, -0.1) is 5.10 Å². The molecule has 0 radical (unpaired) electrons. The summed E-state index contributed by atoms with van der Waals surface area (Å²) in [7, 11) is 1.63. The number of fused-ring (bicyclic) bond motifs is 1. The minimum Gasteiger partial charge on any atom is -0.497 e. The molecule has 0 saturated carbocycles. The first-order chi connectivity index (χ1) is 15.7. The number of hydrogen-bond donors (Lipinski definition) is 0. The van der Waals surface area contributed by atoms with E-state index in [1.807, 2.05) is 53.4 Å². The summed E-state index contributed by atoms with van der Waals surface area (Å²) in [4.78, 5) is 25.8. The third kappa shape index (κ3) is 3.66. The van der Waals surface area contributed by atoms with Crippen molar-refractivity contribution in [2.24, 2.45) is 0 Å². The van der Waals surface area contributed by atoms with Crippen LogP contribution in [0.1, 0.15) is 10.4 Å². The van der Waals surface area contributed by atoms with E-state index in [4.69, 9.17) is 4.74 Å². The van der Waals surface area contributed by atoms with Crippen LogP contribution >= 0.6 is 15.9 Å². The van der Waals surface area contributed by atoms with E-state index < -0.39 is 0 Å². The Hall–Kier alpha value is -3.53. The molecule has 1 amide bonds. The van der Waals surface area contributed by atoms with E-state index in [0.717, 1.165) is 21.7 Å². The van der Waals surface area contributed by atoms with E-state index >= 15 is 0 Å². The molecule has 162 valence electrons. The molecule has 2 aromatic heterocycles. The summed E-state index contributed by atoms with van der Waals surface area (Å²) in [6, 6.07) is 15.0. The number of halogens is 1. The van der Waals surface area contributed by atoms with Gasteiger partial charge in [-0.1, -0.05) is 17.3 Å². The fourth-order valence-electron chi connectivity index (χ4n) is 3.79. The van der Waals surface area contributed by atoms with Gasteiger partial charge >= 0.3 is 0 Å². The van der Waals surface area contributed by atoms with Crippen molar-refractivity contribution in [1.82, 2.24) is 29.9 Å². The summed E-state index contributed by atoms with van der Waals surface area (Å²) in [5, 5.41) is 8.65. The maximum atomic E-state index is 12.9. The molecule has 9 nitrogen and oxygen atoms in total. The van der Waals surface area contributed by atoms with Crippen molar-refractivity contribution in [1.29, 1.82) is 0 Å². The second-order valence-corrected chi connectivity index (χ2v) is 8.18. The Morgan fingerprint density at radius 2 is 1.75 bits per heavy atom. The van der Waals surface area contributed by atoms with Crippen LogP contribution < -0.4 is 9.64 Å². The predicted octanol–water partition coefficient (Wildman–Crippen LogP) is 2.94. The molecule has 4 aromatic rings. The van der Waals surface area contributed by atoms with Crippen molar-refractivity contribution >= 4 is 38.8 Å². The van der Waals surface area contributed by atoms with Crippen LogP contribution in [-0.2, 0) is 0 Å². The van der Waals surface area contributed by atoms with Crippen molar-refractivity contribution in [2.45, 2.75) is 0 Å². The molecule has 1 aliphatic rings. The van der Waals surface area contributed by atoms with Crippen molar-refractivity contribution in [3.63, 3.8) is 0 Å². The molecule has 0 bridgehead atoms. The van der Waals surface area contributed by atoms with Gasteiger partial charge in [0.2, 0.25) is 0 Å². The lowest BCUT2D eigenvalue weighted by Crippen LogP contribution is -2.49. The fourth-order valence-corrected chi connectivity index (χ4v) is 4.25. The summed E-state index contributed by atoms with van der Waals surface area (Å²) < 4.78 is 7.72. The number of benzene rings is 2. The van der Waals surface area contributed by atoms with Crippen LogP contribution in [0.15, 0.2) is 59.3 Å². The minimum atomic E-state index is 0.0235. The van der Waals surface area contributed by atoms with Gasteiger partial charge in [-0.3, -0.25) is 4.79 Å². The van der Waals surface area contributed by atoms with Crippen molar-refractivity contribution in [2.75, 3.05) is 38.2 Å². The molecule has 32 heavy (non-hydrogen) atoms. The summed E-state index contributed by atoms with van der Waals surface area (Å²) in [6.07, 6.45) is 1.53. The standard InChI is InChI=1S/C22H20BrN7O2/c1-32-16-8-6-15(7-9-16)30-21-19(26-27-30)20(24-14-25-21)28-10-12-29(13-11-28)22(31)17-4-2-3-5-18(17)23/h2-9,14H,10-13H2,1H3. The molecule has 1 fully saturated rings. The number of ether oxygens (including phenoxy) is 1. The highest BCUT2D eigenvalue weighted by atomic mass is 79.9. The van der Waals surface area contributed by atoms with E-state index in [-0.39, 0.29) is 5.91 Å². The number of aromatic nitrogens is 5. The van der Waals surface area contributed by atoms with Gasteiger partial charge in [-0.2, -0.15) is 4.68 Å². The lowest BCUT2D eigenvalue weighted by Gasteiger charge is -2.35. The molecular weight excluding hydrogens is 474 g/mol. The highest BCUT2D eigenvalue weighted by Crippen LogP contribution is 2.25. The maximum Gasteiger partial charge on any atom is 0.255 e. The van der Waals surface area contributed by atoms with Crippen molar-refractivity contribution < 1.29 is 9.53 Å². The normalized spacial score (nSPS) is 14.1. The molecule has 0 aliphatic carbocycles. The lowest BCUT2D eigenvalue weighted by molar-refractivity contribution is 0.0745. The number of methoxy groups -OCH3 is 1. The monoisotopic (exact) mass is 493 g/mol. The maximum absolute atomic E-state index is 12.9.